The molecule has 0 saturated carbocycles. The van der Waals surface area contributed by atoms with Crippen molar-refractivity contribution in [3.05, 3.63) is 11.6 Å². The summed E-state index contributed by atoms with van der Waals surface area (Å²) >= 11 is 0. The number of ether oxygens (including phenoxy) is 3. The molecule has 2 aliphatic rings. The molecule has 1 aliphatic heterocycles. The Balaban J connectivity index is 2.03. The van der Waals surface area contributed by atoms with Crippen molar-refractivity contribution in [3.8, 4) is 0 Å². The number of rotatable bonds is 4. The van der Waals surface area contributed by atoms with Crippen LogP contribution in [0.1, 0.15) is 6.92 Å². The molecule has 0 aromatic heterocycles. The zero-order valence-electron chi connectivity index (χ0n) is 14.3. The Morgan fingerprint density at radius 2 is 1.81 bits per heavy atom. The van der Waals surface area contributed by atoms with Crippen LogP contribution in [-0.2, 0) is 14.2 Å². The first kappa shape index (κ1) is 21.0. The highest BCUT2D eigenvalue weighted by molar-refractivity contribution is 5.68. The van der Waals surface area contributed by atoms with E-state index in [1.165, 1.54) is 20.1 Å². The summed E-state index contributed by atoms with van der Waals surface area (Å²) in [6.07, 6.45) is -10.5. The van der Waals surface area contributed by atoms with Crippen LogP contribution < -0.4 is 5.32 Å². The molecular formula is C15H25NO10. The highest BCUT2D eigenvalue weighted by Crippen LogP contribution is 2.24. The minimum absolute atomic E-state index is 0.0286. The lowest BCUT2D eigenvalue weighted by Gasteiger charge is -2.40. The van der Waals surface area contributed by atoms with Gasteiger partial charge in [-0.2, -0.15) is 0 Å². The number of nitrogens with one attached hydrogen (secondary N) is 1. The average Bonchev–Trinajstić information content (AvgIpc) is 2.62. The van der Waals surface area contributed by atoms with E-state index in [0.717, 1.165) is 0 Å². The van der Waals surface area contributed by atoms with E-state index in [9.17, 15) is 35.4 Å². The monoisotopic (exact) mass is 379 g/mol. The van der Waals surface area contributed by atoms with Crippen molar-refractivity contribution in [2.24, 2.45) is 0 Å². The Kier molecular flexibility index (Phi) is 6.93. The van der Waals surface area contributed by atoms with Crippen molar-refractivity contribution in [1.82, 2.24) is 5.32 Å². The molecule has 0 bridgehead atoms. The molecule has 0 aromatic rings. The molecule has 11 heteroatoms. The largest absolute Gasteiger partial charge is 0.441 e. The molecule has 1 amide bonds. The van der Waals surface area contributed by atoms with E-state index in [1.807, 2.05) is 0 Å². The van der Waals surface area contributed by atoms with E-state index in [2.05, 4.69) is 5.32 Å². The van der Waals surface area contributed by atoms with Crippen molar-refractivity contribution < 1.29 is 49.6 Å². The van der Waals surface area contributed by atoms with Crippen LogP contribution in [0.3, 0.4) is 0 Å². The summed E-state index contributed by atoms with van der Waals surface area (Å²) in [5.74, 6) is 0. The minimum Gasteiger partial charge on any atom is -0.441 e. The molecule has 1 aliphatic carbocycles. The number of hydrogen-bond donors (Lipinski definition) is 7. The average molecular weight is 379 g/mol. The molecular weight excluding hydrogens is 354 g/mol. The predicted molar refractivity (Wildman–Crippen MR) is 83.7 cm³/mol. The van der Waals surface area contributed by atoms with Gasteiger partial charge in [-0.1, -0.05) is 6.08 Å². The van der Waals surface area contributed by atoms with E-state index >= 15 is 0 Å². The summed E-state index contributed by atoms with van der Waals surface area (Å²) in [7, 11) is 1.29. The fraction of sp³-hybridized carbons (Fsp3) is 0.800. The molecule has 4 unspecified atom stereocenters. The second-order valence-electron chi connectivity index (χ2n) is 6.29. The molecule has 1 fully saturated rings. The summed E-state index contributed by atoms with van der Waals surface area (Å²) in [6.45, 7) is 0.938. The molecule has 1 saturated heterocycles. The molecule has 7 N–H and O–H groups in total. The van der Waals surface area contributed by atoms with Crippen LogP contribution in [0.4, 0.5) is 4.79 Å². The van der Waals surface area contributed by atoms with E-state index in [-0.39, 0.29) is 5.57 Å². The second kappa shape index (κ2) is 8.59. The number of hydrogen-bond acceptors (Lipinski definition) is 10. The first-order chi connectivity index (χ1) is 12.2. The Morgan fingerprint density at radius 3 is 2.38 bits per heavy atom. The molecule has 2 rings (SSSR count). The molecule has 0 radical (unpaired) electrons. The summed E-state index contributed by atoms with van der Waals surface area (Å²) in [4.78, 5) is 12.1. The Hall–Kier alpha value is -1.31. The van der Waals surface area contributed by atoms with Crippen molar-refractivity contribution in [1.29, 1.82) is 0 Å². The van der Waals surface area contributed by atoms with Gasteiger partial charge >= 0.3 is 6.09 Å². The number of amides is 1. The van der Waals surface area contributed by atoms with E-state index in [1.54, 1.807) is 0 Å². The van der Waals surface area contributed by atoms with Gasteiger partial charge < -0.3 is 50.2 Å². The number of carbonyl (C=O) groups excluding carboxylic acids is 1. The lowest BCUT2D eigenvalue weighted by atomic mass is 9.88. The Morgan fingerprint density at radius 1 is 1.15 bits per heavy atom. The quantitative estimate of drug-likeness (QED) is 0.243. The number of methoxy groups -OCH3 is 1. The predicted octanol–water partition coefficient (Wildman–Crippen LogP) is -3.42. The molecule has 9 atom stereocenters. The molecule has 0 aromatic carbocycles. The van der Waals surface area contributed by atoms with Gasteiger partial charge in [0, 0.05) is 7.11 Å². The van der Waals surface area contributed by atoms with Gasteiger partial charge in [-0.15, -0.1) is 0 Å². The third-order valence-corrected chi connectivity index (χ3v) is 4.53. The van der Waals surface area contributed by atoms with Crippen LogP contribution >= 0.6 is 0 Å². The van der Waals surface area contributed by atoms with Gasteiger partial charge in [0.1, 0.15) is 30.5 Å². The van der Waals surface area contributed by atoms with Crippen LogP contribution in [0, 0.1) is 0 Å². The molecule has 26 heavy (non-hydrogen) atoms. The molecule has 150 valence electrons. The topological polar surface area (TPSA) is 178 Å². The maximum atomic E-state index is 12.1. The molecule has 0 spiro atoms. The number of aliphatic hydroxyl groups is 6. The van der Waals surface area contributed by atoms with Gasteiger partial charge in [-0.25, -0.2) is 4.79 Å². The van der Waals surface area contributed by atoms with Gasteiger partial charge in [-0.3, -0.25) is 0 Å². The maximum absolute atomic E-state index is 12.1. The third-order valence-electron chi connectivity index (χ3n) is 4.53. The maximum Gasteiger partial charge on any atom is 0.408 e. The fourth-order valence-corrected chi connectivity index (χ4v) is 2.98. The first-order valence-electron chi connectivity index (χ1n) is 8.08. The number of carbonyl (C=O) groups is 1. The van der Waals surface area contributed by atoms with Gasteiger partial charge in [0.25, 0.3) is 0 Å². The zero-order chi connectivity index (χ0) is 19.6. The molecule has 11 nitrogen and oxygen atoms in total. The first-order valence-corrected chi connectivity index (χ1v) is 8.08. The SMILES string of the molecule is CO[C@@H]1O[C@H](C)C(OC(=O)NC2C=C(CO)[C@@H](O)C(O)[C@H]2O)[C@H](O)C1O. The van der Waals surface area contributed by atoms with Gasteiger partial charge in [0.15, 0.2) is 12.4 Å². The molecule has 1 heterocycles. The normalized spacial score (nSPS) is 43.5. The Bertz CT molecular complexity index is 529. The van der Waals surface area contributed by atoms with Crippen LogP contribution in [0.2, 0.25) is 0 Å². The Labute approximate surface area is 149 Å². The van der Waals surface area contributed by atoms with E-state index in [4.69, 9.17) is 14.2 Å². The van der Waals surface area contributed by atoms with E-state index < -0.39 is 67.8 Å². The van der Waals surface area contributed by atoms with Gasteiger partial charge in [0.05, 0.1) is 18.8 Å². The highest BCUT2D eigenvalue weighted by Gasteiger charge is 2.45. The smallest absolute Gasteiger partial charge is 0.408 e. The zero-order valence-corrected chi connectivity index (χ0v) is 14.3. The van der Waals surface area contributed by atoms with Crippen LogP contribution in [0.5, 0.6) is 0 Å². The summed E-state index contributed by atoms with van der Waals surface area (Å²) < 4.78 is 15.3. The number of aliphatic hydroxyl groups excluding tert-OH is 6. The number of alkyl carbamates (subject to hydrolysis) is 1. The second-order valence-corrected chi connectivity index (χ2v) is 6.29. The van der Waals surface area contributed by atoms with Crippen molar-refractivity contribution in [2.45, 2.75) is 62.0 Å². The fourth-order valence-electron chi connectivity index (χ4n) is 2.98. The van der Waals surface area contributed by atoms with Crippen LogP contribution in [0.15, 0.2) is 11.6 Å². The summed E-state index contributed by atoms with van der Waals surface area (Å²) in [6, 6.07) is -1.14. The summed E-state index contributed by atoms with van der Waals surface area (Å²) in [5.41, 5.74) is 0.0286. The van der Waals surface area contributed by atoms with Crippen LogP contribution in [-0.4, -0.2) is 106 Å². The standard InChI is InChI=1S/C15H25NO10/c1-5-13(11(21)12(22)14(24-2)25-5)26-15(23)16-7-3-6(4-17)8(18)10(20)9(7)19/h3,5,7-14,17-22H,4H2,1-2H3,(H,16,23)/t5-,7?,8-,9+,10?,11-,12?,13?,14-/m1/s1. The van der Waals surface area contributed by atoms with Crippen LogP contribution in [0.25, 0.3) is 0 Å². The lowest BCUT2D eigenvalue weighted by molar-refractivity contribution is -0.285. The minimum atomic E-state index is -1.61. The van der Waals surface area contributed by atoms with Crippen molar-refractivity contribution in [2.75, 3.05) is 13.7 Å². The summed E-state index contributed by atoms with van der Waals surface area (Å²) in [5, 5.41) is 60.8. The lowest BCUT2D eigenvalue weighted by Crippen LogP contribution is -2.60. The van der Waals surface area contributed by atoms with Gasteiger partial charge in [-0.05, 0) is 12.5 Å². The van der Waals surface area contributed by atoms with Crippen molar-refractivity contribution >= 4 is 6.09 Å². The van der Waals surface area contributed by atoms with E-state index in [0.29, 0.717) is 0 Å². The third kappa shape index (κ3) is 4.15. The van der Waals surface area contributed by atoms with Gasteiger partial charge in [0.2, 0.25) is 0 Å². The highest BCUT2D eigenvalue weighted by atomic mass is 16.7. The van der Waals surface area contributed by atoms with Crippen molar-refractivity contribution in [3.63, 3.8) is 0 Å².